The van der Waals surface area contributed by atoms with E-state index in [4.69, 9.17) is 13.9 Å². The van der Waals surface area contributed by atoms with E-state index in [1.165, 1.54) is 12.1 Å². The topological polar surface area (TPSA) is 115 Å². The quantitative estimate of drug-likeness (QED) is 0.185. The van der Waals surface area contributed by atoms with Crippen LogP contribution >= 0.6 is 15.9 Å². The Morgan fingerprint density at radius 3 is 2.12 bits per heavy atom. The van der Waals surface area contributed by atoms with Gasteiger partial charge >= 0.3 is 5.97 Å². The van der Waals surface area contributed by atoms with Gasteiger partial charge in [0.15, 0.2) is 0 Å². The molecule has 0 unspecified atom stereocenters. The van der Waals surface area contributed by atoms with E-state index in [2.05, 4.69) is 20.7 Å². The van der Waals surface area contributed by atoms with Crippen molar-refractivity contribution in [3.05, 3.63) is 76.5 Å². The minimum atomic E-state index is -3.98. The lowest BCUT2D eigenvalue weighted by Crippen LogP contribution is -2.44. The van der Waals surface area contributed by atoms with Crippen LogP contribution in [0.15, 0.2) is 74.4 Å². The summed E-state index contributed by atoms with van der Waals surface area (Å²) >= 11 is 3.57. The standard InChI is InChI=1S/C30H32BrNO7S/c1-17(2)28(30(33)34)32-40(35,36)23-12-8-21(9-13-23)20-6-10-22(11-7-20)37-16-26-19(5)27-25(39-26)15-14-24(31)29(27)38-18(3)4/h6-15,17-18,28,32H,16H2,1-5H3,(H,33,34)/t28-/m1/s1. The highest BCUT2D eigenvalue weighted by molar-refractivity contribution is 9.10. The van der Waals surface area contributed by atoms with E-state index in [0.29, 0.717) is 11.5 Å². The van der Waals surface area contributed by atoms with Crippen molar-refractivity contribution in [3.8, 4) is 22.6 Å². The summed E-state index contributed by atoms with van der Waals surface area (Å²) in [6, 6.07) is 16.3. The van der Waals surface area contributed by atoms with Gasteiger partial charge in [-0.05, 0) is 90.1 Å². The van der Waals surface area contributed by atoms with Crippen molar-refractivity contribution < 1.29 is 32.2 Å². The van der Waals surface area contributed by atoms with Crippen LogP contribution < -0.4 is 14.2 Å². The van der Waals surface area contributed by atoms with Crippen LogP contribution in [0.3, 0.4) is 0 Å². The van der Waals surface area contributed by atoms with Crippen molar-refractivity contribution in [3.63, 3.8) is 0 Å². The third-order valence-corrected chi connectivity index (χ3v) is 8.47. The Morgan fingerprint density at radius 2 is 1.57 bits per heavy atom. The lowest BCUT2D eigenvalue weighted by atomic mass is 10.1. The Morgan fingerprint density at radius 1 is 0.975 bits per heavy atom. The fraction of sp³-hybridized carbons (Fsp3) is 0.300. The van der Waals surface area contributed by atoms with Gasteiger partial charge in [0.2, 0.25) is 10.0 Å². The van der Waals surface area contributed by atoms with Crippen molar-refractivity contribution in [1.29, 1.82) is 0 Å². The molecule has 0 aliphatic rings. The molecular weight excluding hydrogens is 598 g/mol. The van der Waals surface area contributed by atoms with Gasteiger partial charge in [0.05, 0.1) is 20.9 Å². The van der Waals surface area contributed by atoms with E-state index < -0.39 is 28.0 Å². The predicted molar refractivity (Wildman–Crippen MR) is 157 cm³/mol. The van der Waals surface area contributed by atoms with Gasteiger partial charge in [-0.1, -0.05) is 38.1 Å². The molecule has 3 aromatic carbocycles. The first-order valence-electron chi connectivity index (χ1n) is 12.8. The fourth-order valence-corrected chi connectivity index (χ4v) is 6.00. The number of furan rings is 1. The fourth-order valence-electron chi connectivity index (χ4n) is 4.24. The summed E-state index contributed by atoms with van der Waals surface area (Å²) in [5.74, 6) is 0.493. The maximum Gasteiger partial charge on any atom is 0.322 e. The number of carbonyl (C=O) groups is 1. The number of sulfonamides is 1. The maximum absolute atomic E-state index is 12.7. The Bertz CT molecular complexity index is 1610. The van der Waals surface area contributed by atoms with Crippen LogP contribution in [0, 0.1) is 12.8 Å². The molecule has 0 aliphatic heterocycles. The van der Waals surface area contributed by atoms with Crippen LogP contribution in [0.25, 0.3) is 22.1 Å². The van der Waals surface area contributed by atoms with E-state index in [0.717, 1.165) is 37.9 Å². The average Bonchev–Trinajstić information content (AvgIpc) is 3.23. The van der Waals surface area contributed by atoms with Gasteiger partial charge in [0.1, 0.15) is 35.5 Å². The largest absolute Gasteiger partial charge is 0.489 e. The summed E-state index contributed by atoms with van der Waals surface area (Å²) in [4.78, 5) is 11.4. The van der Waals surface area contributed by atoms with Crippen LogP contribution in [0.1, 0.15) is 39.0 Å². The molecule has 2 N–H and O–H groups in total. The van der Waals surface area contributed by atoms with Crippen LogP contribution in [0.4, 0.5) is 0 Å². The molecule has 212 valence electrons. The van der Waals surface area contributed by atoms with E-state index >= 15 is 0 Å². The second-order valence-electron chi connectivity index (χ2n) is 10.1. The molecule has 1 atom stereocenters. The van der Waals surface area contributed by atoms with E-state index in [9.17, 15) is 18.3 Å². The summed E-state index contributed by atoms with van der Waals surface area (Å²) in [6.45, 7) is 9.47. The van der Waals surface area contributed by atoms with Crippen molar-refractivity contribution in [2.24, 2.45) is 5.92 Å². The Balaban J connectivity index is 1.46. The van der Waals surface area contributed by atoms with Crippen LogP contribution in [-0.4, -0.2) is 31.6 Å². The van der Waals surface area contributed by atoms with Gasteiger partial charge in [0.25, 0.3) is 0 Å². The molecule has 0 amide bonds. The molecule has 0 aliphatic carbocycles. The molecule has 0 saturated carbocycles. The minimum Gasteiger partial charge on any atom is -0.489 e. The number of aliphatic carboxylic acids is 1. The molecule has 1 aromatic heterocycles. The second kappa shape index (κ2) is 12.0. The number of ether oxygens (including phenoxy) is 2. The van der Waals surface area contributed by atoms with Crippen molar-refractivity contribution >= 4 is 42.9 Å². The molecule has 8 nitrogen and oxygen atoms in total. The molecule has 0 saturated heterocycles. The highest BCUT2D eigenvalue weighted by atomic mass is 79.9. The smallest absolute Gasteiger partial charge is 0.322 e. The monoisotopic (exact) mass is 629 g/mol. The molecule has 0 bridgehead atoms. The van der Waals surface area contributed by atoms with Gasteiger partial charge in [-0.3, -0.25) is 4.79 Å². The Hall–Kier alpha value is -3.34. The maximum atomic E-state index is 12.7. The first kappa shape index (κ1) is 29.6. The first-order valence-corrected chi connectivity index (χ1v) is 15.1. The van der Waals surface area contributed by atoms with E-state index in [-0.39, 0.29) is 17.6 Å². The molecule has 4 aromatic rings. The van der Waals surface area contributed by atoms with Gasteiger partial charge in [-0.25, -0.2) is 8.42 Å². The van der Waals surface area contributed by atoms with Crippen LogP contribution in [-0.2, 0) is 21.4 Å². The molecular formula is C30H32BrNO7S. The Labute approximate surface area is 242 Å². The third-order valence-electron chi connectivity index (χ3n) is 6.39. The van der Waals surface area contributed by atoms with Gasteiger partial charge in [-0.2, -0.15) is 4.72 Å². The first-order chi connectivity index (χ1) is 18.9. The summed E-state index contributed by atoms with van der Waals surface area (Å²) in [6.07, 6.45) is 0.0147. The van der Waals surface area contributed by atoms with Crippen molar-refractivity contribution in [1.82, 2.24) is 4.72 Å². The summed E-state index contributed by atoms with van der Waals surface area (Å²) in [5.41, 5.74) is 3.36. The summed E-state index contributed by atoms with van der Waals surface area (Å²) in [7, 11) is -3.98. The van der Waals surface area contributed by atoms with E-state index in [1.807, 2.05) is 57.2 Å². The number of carboxylic acids is 1. The van der Waals surface area contributed by atoms with Crippen molar-refractivity contribution in [2.45, 2.75) is 58.3 Å². The molecule has 1 heterocycles. The lowest BCUT2D eigenvalue weighted by molar-refractivity contribution is -0.140. The highest BCUT2D eigenvalue weighted by Crippen LogP contribution is 2.39. The molecule has 0 fully saturated rings. The normalized spacial score (nSPS) is 12.7. The average molecular weight is 631 g/mol. The van der Waals surface area contributed by atoms with Gasteiger partial charge in [0, 0.05) is 5.56 Å². The summed E-state index contributed by atoms with van der Waals surface area (Å²) in [5, 5.41) is 10.2. The number of fused-ring (bicyclic) bond motifs is 1. The number of carboxylic acid groups (broad SMARTS) is 1. The lowest BCUT2D eigenvalue weighted by Gasteiger charge is -2.18. The number of hydrogen-bond acceptors (Lipinski definition) is 6. The van der Waals surface area contributed by atoms with Crippen molar-refractivity contribution in [2.75, 3.05) is 0 Å². The molecule has 0 spiro atoms. The van der Waals surface area contributed by atoms with E-state index in [1.54, 1.807) is 26.0 Å². The molecule has 10 heteroatoms. The zero-order chi connectivity index (χ0) is 29.2. The number of aryl methyl sites for hydroxylation is 1. The zero-order valence-corrected chi connectivity index (χ0v) is 25.3. The predicted octanol–water partition coefficient (Wildman–Crippen LogP) is 6.92. The Kier molecular flexibility index (Phi) is 8.92. The molecule has 0 radical (unpaired) electrons. The number of nitrogens with one attached hydrogen (secondary N) is 1. The highest BCUT2D eigenvalue weighted by Gasteiger charge is 2.28. The number of benzene rings is 3. The second-order valence-corrected chi connectivity index (χ2v) is 12.7. The number of rotatable bonds is 11. The number of halogens is 1. The molecule has 40 heavy (non-hydrogen) atoms. The zero-order valence-electron chi connectivity index (χ0n) is 22.9. The number of hydrogen-bond donors (Lipinski definition) is 2. The third kappa shape index (κ3) is 6.51. The SMILES string of the molecule is Cc1c(COc2ccc(-c3ccc(S(=O)(=O)N[C@@H](C(=O)O)C(C)C)cc3)cc2)oc2ccc(Br)c(OC(C)C)c12. The summed E-state index contributed by atoms with van der Waals surface area (Å²) < 4.78 is 46.6. The van der Waals surface area contributed by atoms with Crippen LogP contribution in [0.2, 0.25) is 0 Å². The molecule has 4 rings (SSSR count). The van der Waals surface area contributed by atoms with Crippen LogP contribution in [0.5, 0.6) is 11.5 Å². The van der Waals surface area contributed by atoms with Gasteiger partial charge < -0.3 is 19.0 Å². The minimum absolute atomic E-state index is 0.00158. The van der Waals surface area contributed by atoms with Gasteiger partial charge in [-0.15, -0.1) is 0 Å².